The molecule has 1 aromatic carbocycles. The molecule has 2 N–H and O–H groups in total. The van der Waals surface area contributed by atoms with Gasteiger partial charge in [0.2, 0.25) is 5.82 Å². The number of hydrogen-bond donors (Lipinski definition) is 2. The Morgan fingerprint density at radius 1 is 1.33 bits per heavy atom. The summed E-state index contributed by atoms with van der Waals surface area (Å²) in [4.78, 5) is 15.1. The van der Waals surface area contributed by atoms with Crippen molar-refractivity contribution in [3.05, 3.63) is 35.7 Å². The Balaban J connectivity index is 1.97. The average molecular weight is 342 g/mol. The molecule has 1 amide bonds. The van der Waals surface area contributed by atoms with Gasteiger partial charge < -0.3 is 15.0 Å². The second-order valence-electron chi connectivity index (χ2n) is 4.69. The number of hydrogen-bond acceptors (Lipinski definition) is 6. The van der Waals surface area contributed by atoms with Gasteiger partial charge in [0, 0.05) is 23.9 Å². The van der Waals surface area contributed by atoms with Gasteiger partial charge in [-0.25, -0.2) is 0 Å². The minimum absolute atomic E-state index is 0.211. The van der Waals surface area contributed by atoms with E-state index in [1.165, 1.54) is 30.5 Å². The van der Waals surface area contributed by atoms with Crippen molar-refractivity contribution in [2.45, 2.75) is 19.0 Å². The number of rotatable bonds is 6. The van der Waals surface area contributed by atoms with Crippen LogP contribution in [0.2, 0.25) is 0 Å². The fraction of sp³-hybridized carbons (Fsp3) is 0.286. The smallest absolute Gasteiger partial charge is 0.411 e. The molecule has 0 unspecified atom stereocenters. The molecule has 1 aromatic heterocycles. The molecular formula is C14H13F3N4O3. The van der Waals surface area contributed by atoms with Gasteiger partial charge in [-0.05, 0) is 25.0 Å². The van der Waals surface area contributed by atoms with Crippen molar-refractivity contribution in [3.8, 4) is 11.4 Å². The van der Waals surface area contributed by atoms with Crippen molar-refractivity contribution in [2.24, 2.45) is 5.16 Å². The van der Waals surface area contributed by atoms with Gasteiger partial charge in [-0.3, -0.25) is 4.79 Å². The third-order valence-electron chi connectivity index (χ3n) is 2.95. The molecule has 0 bridgehead atoms. The molecule has 2 rings (SSSR count). The van der Waals surface area contributed by atoms with Crippen LogP contribution in [-0.2, 0) is 6.18 Å². The zero-order valence-electron chi connectivity index (χ0n) is 12.2. The van der Waals surface area contributed by atoms with Crippen molar-refractivity contribution in [3.63, 3.8) is 0 Å². The van der Waals surface area contributed by atoms with Gasteiger partial charge in [0.05, 0.1) is 0 Å². The van der Waals surface area contributed by atoms with Crippen LogP contribution >= 0.6 is 0 Å². The molecule has 0 aliphatic carbocycles. The molecule has 0 aliphatic rings. The second-order valence-corrected chi connectivity index (χ2v) is 4.69. The van der Waals surface area contributed by atoms with Crippen LogP contribution in [0, 0.1) is 0 Å². The topological polar surface area (TPSA) is 101 Å². The first-order chi connectivity index (χ1) is 11.4. The van der Waals surface area contributed by atoms with Gasteiger partial charge in [0.25, 0.3) is 5.91 Å². The minimum atomic E-state index is -4.70. The van der Waals surface area contributed by atoms with Crippen LogP contribution in [0.15, 0.2) is 33.9 Å². The van der Waals surface area contributed by atoms with Crippen LogP contribution in [0.4, 0.5) is 13.2 Å². The number of halogens is 3. The van der Waals surface area contributed by atoms with Crippen LogP contribution < -0.4 is 5.32 Å². The molecule has 0 radical (unpaired) electrons. The van der Waals surface area contributed by atoms with Gasteiger partial charge in [-0.15, -0.1) is 5.16 Å². The lowest BCUT2D eigenvalue weighted by Crippen LogP contribution is -2.24. The molecule has 0 saturated heterocycles. The van der Waals surface area contributed by atoms with Gasteiger partial charge >= 0.3 is 12.1 Å². The summed E-state index contributed by atoms with van der Waals surface area (Å²) >= 11 is 0. The largest absolute Gasteiger partial charge is 0.471 e. The summed E-state index contributed by atoms with van der Waals surface area (Å²) in [6, 6.07) is 5.75. The van der Waals surface area contributed by atoms with Crippen LogP contribution in [0.3, 0.4) is 0 Å². The third-order valence-corrected chi connectivity index (χ3v) is 2.95. The predicted octanol–water partition coefficient (Wildman–Crippen LogP) is 2.73. The standard InChI is InChI=1S/C14H13F3N4O3/c15-14(16,17)13-20-11(21-24-13)9-3-5-10(6-4-9)12(22)18-7-1-2-8-19-23/h3-6,8,23H,1-2,7H2,(H,18,22). The monoisotopic (exact) mass is 342 g/mol. The molecular weight excluding hydrogens is 329 g/mol. The molecule has 0 spiro atoms. The highest BCUT2D eigenvalue weighted by atomic mass is 19.4. The lowest BCUT2D eigenvalue weighted by atomic mass is 10.1. The van der Waals surface area contributed by atoms with Crippen molar-refractivity contribution in [1.82, 2.24) is 15.5 Å². The van der Waals surface area contributed by atoms with Gasteiger partial charge in [-0.2, -0.15) is 18.2 Å². The van der Waals surface area contributed by atoms with E-state index in [4.69, 9.17) is 5.21 Å². The molecule has 7 nitrogen and oxygen atoms in total. The number of alkyl halides is 3. The summed E-state index contributed by atoms with van der Waals surface area (Å²) in [6.45, 7) is 0.395. The van der Waals surface area contributed by atoms with E-state index >= 15 is 0 Å². The summed E-state index contributed by atoms with van der Waals surface area (Å²) in [7, 11) is 0. The third kappa shape index (κ3) is 4.54. The summed E-state index contributed by atoms with van der Waals surface area (Å²) in [5.41, 5.74) is 0.638. The Bertz CT molecular complexity index is 711. The average Bonchev–Trinajstić information content (AvgIpc) is 3.05. The lowest BCUT2D eigenvalue weighted by Gasteiger charge is -2.04. The number of carbonyl (C=O) groups is 1. The Hall–Kier alpha value is -2.91. The summed E-state index contributed by atoms with van der Waals surface area (Å²) in [5.74, 6) is -1.96. The van der Waals surface area contributed by atoms with Gasteiger partial charge in [0.15, 0.2) is 0 Å². The van der Waals surface area contributed by atoms with E-state index in [9.17, 15) is 18.0 Å². The Kier molecular flexibility index (Phi) is 5.51. The van der Waals surface area contributed by atoms with Crippen LogP contribution in [0.1, 0.15) is 29.1 Å². The molecule has 0 atom stereocenters. The first kappa shape index (κ1) is 17.4. The fourth-order valence-corrected chi connectivity index (χ4v) is 1.78. The number of nitrogens with one attached hydrogen (secondary N) is 1. The first-order valence-electron chi connectivity index (χ1n) is 6.87. The van der Waals surface area contributed by atoms with E-state index in [0.29, 0.717) is 30.5 Å². The van der Waals surface area contributed by atoms with E-state index < -0.39 is 12.1 Å². The minimum Gasteiger partial charge on any atom is -0.411 e. The lowest BCUT2D eigenvalue weighted by molar-refractivity contribution is -0.159. The number of nitrogens with zero attached hydrogens (tertiary/aromatic N) is 3. The zero-order chi connectivity index (χ0) is 17.6. The molecule has 2 aromatic rings. The van der Waals surface area contributed by atoms with Crippen molar-refractivity contribution < 1.29 is 27.7 Å². The second kappa shape index (κ2) is 7.57. The SMILES string of the molecule is O=C(NCCCC=NO)c1ccc(-c2noc(C(F)(F)F)n2)cc1. The number of unbranched alkanes of at least 4 members (excludes halogenated alkanes) is 1. The summed E-state index contributed by atoms with van der Waals surface area (Å²) in [5, 5.41) is 17.0. The maximum atomic E-state index is 12.4. The number of oxime groups is 1. The molecule has 128 valence electrons. The summed E-state index contributed by atoms with van der Waals surface area (Å²) < 4.78 is 41.4. The maximum absolute atomic E-state index is 12.4. The molecule has 0 fully saturated rings. The van der Waals surface area contributed by atoms with Crippen molar-refractivity contribution in [2.75, 3.05) is 6.54 Å². The van der Waals surface area contributed by atoms with E-state index in [2.05, 4.69) is 25.1 Å². The van der Waals surface area contributed by atoms with Crippen molar-refractivity contribution in [1.29, 1.82) is 0 Å². The highest BCUT2D eigenvalue weighted by molar-refractivity contribution is 5.94. The number of benzene rings is 1. The Labute approximate surface area is 134 Å². The fourth-order valence-electron chi connectivity index (χ4n) is 1.78. The van der Waals surface area contributed by atoms with Crippen LogP contribution in [0.25, 0.3) is 11.4 Å². The quantitative estimate of drug-likeness (QED) is 0.364. The van der Waals surface area contributed by atoms with Crippen LogP contribution in [0.5, 0.6) is 0 Å². The number of aromatic nitrogens is 2. The van der Waals surface area contributed by atoms with Crippen LogP contribution in [-0.4, -0.2) is 34.0 Å². The highest BCUT2D eigenvalue weighted by Gasteiger charge is 2.38. The zero-order valence-corrected chi connectivity index (χ0v) is 12.2. The van der Waals surface area contributed by atoms with Gasteiger partial charge in [-0.1, -0.05) is 17.3 Å². The normalized spacial score (nSPS) is 11.8. The van der Waals surface area contributed by atoms with Gasteiger partial charge in [0.1, 0.15) is 0 Å². The predicted molar refractivity (Wildman–Crippen MR) is 76.6 cm³/mol. The maximum Gasteiger partial charge on any atom is 0.471 e. The Morgan fingerprint density at radius 2 is 2.04 bits per heavy atom. The van der Waals surface area contributed by atoms with Crippen molar-refractivity contribution >= 4 is 12.1 Å². The molecule has 0 saturated carbocycles. The first-order valence-corrected chi connectivity index (χ1v) is 6.87. The Morgan fingerprint density at radius 3 is 2.62 bits per heavy atom. The van der Waals surface area contributed by atoms with E-state index in [1.54, 1.807) is 0 Å². The van der Waals surface area contributed by atoms with E-state index in [-0.39, 0.29) is 11.7 Å². The summed E-state index contributed by atoms with van der Waals surface area (Å²) in [6.07, 6.45) is -2.25. The van der Waals surface area contributed by atoms with E-state index in [0.717, 1.165) is 0 Å². The molecule has 10 heteroatoms. The highest BCUT2D eigenvalue weighted by Crippen LogP contribution is 2.29. The van der Waals surface area contributed by atoms with E-state index in [1.807, 2.05) is 0 Å². The number of amides is 1. The number of carbonyl (C=O) groups excluding carboxylic acids is 1. The molecule has 1 heterocycles. The molecule has 0 aliphatic heterocycles. The molecule has 24 heavy (non-hydrogen) atoms.